The van der Waals surface area contributed by atoms with E-state index in [9.17, 15) is 0 Å². The lowest BCUT2D eigenvalue weighted by Crippen LogP contribution is -2.41. The Morgan fingerprint density at radius 2 is 1.96 bits per heavy atom. The van der Waals surface area contributed by atoms with Crippen molar-refractivity contribution in [3.05, 3.63) is 16.1 Å². The molecule has 0 unspecified atom stereocenters. The first-order chi connectivity index (χ1) is 11.7. The van der Waals surface area contributed by atoms with Gasteiger partial charge in [0.1, 0.15) is 0 Å². The van der Waals surface area contributed by atoms with Crippen LogP contribution in [-0.2, 0) is 13.0 Å². The topological polar surface area (TPSA) is 57.8 Å². The van der Waals surface area contributed by atoms with E-state index >= 15 is 0 Å². The first-order valence-corrected chi connectivity index (χ1v) is 10.3. The van der Waals surface area contributed by atoms with Crippen LogP contribution in [0.4, 0.5) is 0 Å². The largest absolute Gasteiger partial charge is 0.370 e. The average molecular weight is 477 g/mol. The summed E-state index contributed by atoms with van der Waals surface area (Å²) in [6.45, 7) is 8.55. The lowest BCUT2D eigenvalue weighted by Gasteiger charge is -2.31. The maximum Gasteiger partial charge on any atom is 0.191 e. The summed E-state index contributed by atoms with van der Waals surface area (Å²) in [6.07, 6.45) is 7.34. The number of aliphatic imine (C=N–C) groups is 1. The number of aromatic nitrogens is 1. The Bertz CT molecular complexity index is 533. The van der Waals surface area contributed by atoms with Gasteiger partial charge in [0.25, 0.3) is 0 Å². The number of nitrogens with zero attached hydrogens (tertiary/aromatic N) is 4. The number of piperidine rings is 2. The van der Waals surface area contributed by atoms with E-state index in [4.69, 9.17) is 5.73 Å². The molecule has 142 valence electrons. The minimum atomic E-state index is 0. The zero-order valence-electron chi connectivity index (χ0n) is 15.3. The minimum absolute atomic E-state index is 0. The molecule has 0 amide bonds. The predicted octanol–water partition coefficient (Wildman–Crippen LogP) is 3.34. The van der Waals surface area contributed by atoms with Crippen molar-refractivity contribution < 1.29 is 0 Å². The number of hydrogen-bond donors (Lipinski definition) is 1. The zero-order chi connectivity index (χ0) is 16.8. The van der Waals surface area contributed by atoms with Gasteiger partial charge in [0.15, 0.2) is 5.96 Å². The molecule has 0 saturated carbocycles. The van der Waals surface area contributed by atoms with Crippen LogP contribution in [0.5, 0.6) is 0 Å². The van der Waals surface area contributed by atoms with Gasteiger partial charge in [0.2, 0.25) is 0 Å². The molecule has 5 nitrogen and oxygen atoms in total. The molecular weight excluding hydrogens is 445 g/mol. The molecule has 3 rings (SSSR count). The number of halogens is 1. The fourth-order valence-electron chi connectivity index (χ4n) is 3.59. The average Bonchev–Trinajstić information content (AvgIpc) is 3.09. The molecule has 2 aliphatic rings. The Hall–Kier alpha value is -0.410. The molecule has 7 heteroatoms. The number of hydrogen-bond acceptors (Lipinski definition) is 4. The highest BCUT2D eigenvalue weighted by molar-refractivity contribution is 14.0. The number of guanidine groups is 1. The molecule has 2 N–H and O–H groups in total. The third kappa shape index (κ3) is 6.36. The highest BCUT2D eigenvalue weighted by Crippen LogP contribution is 2.20. The molecular formula is C18H32IN5S. The Labute approximate surface area is 173 Å². The van der Waals surface area contributed by atoms with Gasteiger partial charge in [-0.25, -0.2) is 4.98 Å². The number of likely N-dealkylation sites (tertiary alicyclic amines) is 2. The molecule has 0 radical (unpaired) electrons. The van der Waals surface area contributed by atoms with E-state index in [1.807, 2.05) is 0 Å². The Morgan fingerprint density at radius 3 is 2.60 bits per heavy atom. The molecule has 0 aliphatic carbocycles. The standard InChI is InChI=1S/C18H31N5S.HI/c1-2-17-21-16(14-24-17)13-22-10-6-15(7-11-22)12-20-18(19)23-8-4-3-5-9-23;/h14-15H,2-13H2,1H3,(H2,19,20);1H. The van der Waals surface area contributed by atoms with Gasteiger partial charge in [0.05, 0.1) is 10.7 Å². The Balaban J connectivity index is 0.00000225. The van der Waals surface area contributed by atoms with Crippen molar-refractivity contribution in [2.24, 2.45) is 16.6 Å². The van der Waals surface area contributed by atoms with Crippen LogP contribution in [0.1, 0.15) is 49.7 Å². The van der Waals surface area contributed by atoms with Gasteiger partial charge in [-0.15, -0.1) is 35.3 Å². The van der Waals surface area contributed by atoms with Gasteiger partial charge in [-0.1, -0.05) is 6.92 Å². The van der Waals surface area contributed by atoms with Crippen molar-refractivity contribution >= 4 is 41.3 Å². The molecule has 1 aromatic heterocycles. The quantitative estimate of drug-likeness (QED) is 0.402. The van der Waals surface area contributed by atoms with Gasteiger partial charge in [-0.3, -0.25) is 9.89 Å². The summed E-state index contributed by atoms with van der Waals surface area (Å²) in [4.78, 5) is 14.2. The maximum atomic E-state index is 6.17. The maximum absolute atomic E-state index is 6.17. The summed E-state index contributed by atoms with van der Waals surface area (Å²) in [5.41, 5.74) is 7.41. The molecule has 1 aromatic rings. The normalized spacial score (nSPS) is 20.5. The summed E-state index contributed by atoms with van der Waals surface area (Å²) >= 11 is 1.79. The Kier molecular flexibility index (Phi) is 8.92. The van der Waals surface area contributed by atoms with E-state index in [-0.39, 0.29) is 24.0 Å². The van der Waals surface area contributed by atoms with Crippen LogP contribution < -0.4 is 5.73 Å². The molecule has 2 saturated heterocycles. The van der Waals surface area contributed by atoms with Crippen LogP contribution in [0.3, 0.4) is 0 Å². The first kappa shape index (κ1) is 20.9. The molecule has 0 aromatic carbocycles. The summed E-state index contributed by atoms with van der Waals surface area (Å²) in [7, 11) is 0. The van der Waals surface area contributed by atoms with E-state index in [0.29, 0.717) is 5.92 Å². The van der Waals surface area contributed by atoms with Crippen LogP contribution in [-0.4, -0.2) is 53.5 Å². The number of rotatable bonds is 5. The van der Waals surface area contributed by atoms with E-state index < -0.39 is 0 Å². The van der Waals surface area contributed by atoms with Gasteiger partial charge in [-0.05, 0) is 57.5 Å². The van der Waals surface area contributed by atoms with Crippen LogP contribution >= 0.6 is 35.3 Å². The van der Waals surface area contributed by atoms with Crippen LogP contribution in [0.2, 0.25) is 0 Å². The fraction of sp³-hybridized carbons (Fsp3) is 0.778. The third-order valence-corrected chi connectivity index (χ3v) is 6.23. The van der Waals surface area contributed by atoms with E-state index in [1.54, 1.807) is 11.3 Å². The van der Waals surface area contributed by atoms with Crippen molar-refractivity contribution in [3.63, 3.8) is 0 Å². The number of nitrogens with two attached hydrogens (primary N) is 1. The molecule has 0 bridgehead atoms. The molecule has 0 spiro atoms. The third-order valence-electron chi connectivity index (χ3n) is 5.19. The Morgan fingerprint density at radius 1 is 1.24 bits per heavy atom. The van der Waals surface area contributed by atoms with Crippen molar-refractivity contribution in [1.29, 1.82) is 0 Å². The van der Waals surface area contributed by atoms with Crippen LogP contribution in [0.25, 0.3) is 0 Å². The van der Waals surface area contributed by atoms with Crippen LogP contribution in [0, 0.1) is 5.92 Å². The van der Waals surface area contributed by atoms with E-state index in [2.05, 4.69) is 32.1 Å². The van der Waals surface area contributed by atoms with Gasteiger partial charge < -0.3 is 10.6 Å². The summed E-state index contributed by atoms with van der Waals surface area (Å²) in [6, 6.07) is 0. The second-order valence-corrected chi connectivity index (χ2v) is 7.99. The predicted molar refractivity (Wildman–Crippen MR) is 117 cm³/mol. The highest BCUT2D eigenvalue weighted by Gasteiger charge is 2.20. The van der Waals surface area contributed by atoms with Gasteiger partial charge in [-0.2, -0.15) is 0 Å². The zero-order valence-corrected chi connectivity index (χ0v) is 18.5. The van der Waals surface area contributed by atoms with Crippen LogP contribution in [0.15, 0.2) is 10.4 Å². The smallest absolute Gasteiger partial charge is 0.191 e. The second-order valence-electron chi connectivity index (χ2n) is 7.05. The molecule has 2 fully saturated rings. The van der Waals surface area contributed by atoms with E-state index in [1.165, 1.54) is 42.8 Å². The van der Waals surface area contributed by atoms with Gasteiger partial charge in [0, 0.05) is 31.6 Å². The highest BCUT2D eigenvalue weighted by atomic mass is 127. The van der Waals surface area contributed by atoms with Gasteiger partial charge >= 0.3 is 0 Å². The lowest BCUT2D eigenvalue weighted by molar-refractivity contribution is 0.179. The van der Waals surface area contributed by atoms with Crippen molar-refractivity contribution in [2.75, 3.05) is 32.7 Å². The van der Waals surface area contributed by atoms with Crippen molar-refractivity contribution in [2.45, 2.75) is 52.0 Å². The molecule has 2 aliphatic heterocycles. The van der Waals surface area contributed by atoms with Crippen molar-refractivity contribution in [3.8, 4) is 0 Å². The first-order valence-electron chi connectivity index (χ1n) is 9.45. The summed E-state index contributed by atoms with van der Waals surface area (Å²) in [5, 5.41) is 3.47. The summed E-state index contributed by atoms with van der Waals surface area (Å²) in [5.74, 6) is 1.46. The van der Waals surface area contributed by atoms with Crippen molar-refractivity contribution in [1.82, 2.24) is 14.8 Å². The second kappa shape index (κ2) is 10.7. The SMILES string of the molecule is CCc1nc(CN2CCC(CN=C(N)N3CCCCC3)CC2)cs1.I. The van der Waals surface area contributed by atoms with E-state index in [0.717, 1.165) is 51.6 Å². The lowest BCUT2D eigenvalue weighted by atomic mass is 9.97. The minimum Gasteiger partial charge on any atom is -0.370 e. The number of thiazole rings is 1. The molecule has 3 heterocycles. The summed E-state index contributed by atoms with van der Waals surface area (Å²) < 4.78 is 0. The number of aryl methyl sites for hydroxylation is 1. The molecule has 0 atom stereocenters. The molecule has 25 heavy (non-hydrogen) atoms. The fourth-order valence-corrected chi connectivity index (χ4v) is 4.32. The monoisotopic (exact) mass is 477 g/mol.